The van der Waals surface area contributed by atoms with Gasteiger partial charge in [-0.1, -0.05) is 0 Å². The molecule has 16 heavy (non-hydrogen) atoms. The minimum absolute atomic E-state index is 0.0891. The second kappa shape index (κ2) is 3.83. The fraction of sp³-hybridized carbons (Fsp3) is 0.286. The van der Waals surface area contributed by atoms with Crippen molar-refractivity contribution in [1.82, 2.24) is 9.78 Å². The Morgan fingerprint density at radius 3 is 2.31 bits per heavy atom. The minimum atomic E-state index is -4.97. The van der Waals surface area contributed by atoms with Crippen molar-refractivity contribution in [3.63, 3.8) is 0 Å². The number of carboxylic acids is 2. The van der Waals surface area contributed by atoms with Crippen molar-refractivity contribution in [1.29, 1.82) is 0 Å². The van der Waals surface area contributed by atoms with Crippen molar-refractivity contribution in [2.75, 3.05) is 0 Å². The number of aromatic carboxylic acids is 1. The molecule has 0 bridgehead atoms. The molecule has 1 aromatic heterocycles. The molecule has 1 rings (SSSR count). The molecular weight excluding hydrogens is 233 g/mol. The van der Waals surface area contributed by atoms with Crippen LogP contribution in [0, 0.1) is 0 Å². The third-order valence-corrected chi connectivity index (χ3v) is 1.62. The van der Waals surface area contributed by atoms with E-state index in [2.05, 4.69) is 5.10 Å². The maximum absolute atomic E-state index is 12.4. The van der Waals surface area contributed by atoms with Crippen LogP contribution in [0.15, 0.2) is 6.20 Å². The van der Waals surface area contributed by atoms with Gasteiger partial charge in [0.1, 0.15) is 12.1 Å². The molecule has 0 radical (unpaired) electrons. The zero-order valence-corrected chi connectivity index (χ0v) is 7.52. The van der Waals surface area contributed by atoms with Gasteiger partial charge in [-0.2, -0.15) is 18.3 Å². The predicted molar refractivity (Wildman–Crippen MR) is 41.8 cm³/mol. The average Bonchev–Trinajstić information content (AvgIpc) is 2.45. The molecule has 0 aromatic carbocycles. The predicted octanol–water partition coefficient (Wildman–Crippen LogP) is 0.685. The van der Waals surface area contributed by atoms with E-state index in [1.54, 1.807) is 0 Å². The zero-order chi connectivity index (χ0) is 12.5. The number of nitrogens with zero attached hydrogens (tertiary/aromatic N) is 2. The molecule has 9 heteroatoms. The van der Waals surface area contributed by atoms with Gasteiger partial charge in [-0.05, 0) is 0 Å². The Morgan fingerprint density at radius 1 is 1.38 bits per heavy atom. The summed E-state index contributed by atoms with van der Waals surface area (Å²) in [6.07, 6.45) is -4.51. The molecule has 1 heterocycles. The van der Waals surface area contributed by atoms with Crippen molar-refractivity contribution >= 4 is 11.9 Å². The lowest BCUT2D eigenvalue weighted by Crippen LogP contribution is -2.21. The number of aliphatic carboxylic acids is 1. The van der Waals surface area contributed by atoms with Gasteiger partial charge in [0.15, 0.2) is 5.69 Å². The molecular formula is C7H5F3N2O4. The highest BCUT2D eigenvalue weighted by Crippen LogP contribution is 2.31. The summed E-state index contributed by atoms with van der Waals surface area (Å²) in [5.74, 6) is -3.37. The highest BCUT2D eigenvalue weighted by atomic mass is 19.4. The fourth-order valence-corrected chi connectivity index (χ4v) is 1.09. The van der Waals surface area contributed by atoms with Crippen molar-refractivity contribution in [3.8, 4) is 0 Å². The van der Waals surface area contributed by atoms with E-state index < -0.39 is 35.9 Å². The molecule has 1 aromatic rings. The van der Waals surface area contributed by atoms with Crippen LogP contribution in [-0.2, 0) is 17.5 Å². The van der Waals surface area contributed by atoms with Gasteiger partial charge < -0.3 is 10.2 Å². The SMILES string of the molecule is O=C(O)Cn1ncc(C(=O)O)c1C(F)(F)F. The molecule has 0 saturated heterocycles. The summed E-state index contributed by atoms with van der Waals surface area (Å²) >= 11 is 0. The number of carboxylic acid groups (broad SMARTS) is 2. The average molecular weight is 238 g/mol. The first-order chi connectivity index (χ1) is 7.23. The highest BCUT2D eigenvalue weighted by molar-refractivity contribution is 5.89. The summed E-state index contributed by atoms with van der Waals surface area (Å²) in [6, 6.07) is 0. The first-order valence-corrected chi connectivity index (χ1v) is 3.81. The molecule has 0 atom stereocenters. The largest absolute Gasteiger partial charge is 0.480 e. The van der Waals surface area contributed by atoms with E-state index in [0.717, 1.165) is 0 Å². The number of hydrogen-bond donors (Lipinski definition) is 2. The monoisotopic (exact) mass is 238 g/mol. The minimum Gasteiger partial charge on any atom is -0.480 e. The molecule has 0 saturated carbocycles. The second-order valence-corrected chi connectivity index (χ2v) is 2.76. The molecule has 6 nitrogen and oxygen atoms in total. The Balaban J connectivity index is 3.31. The maximum Gasteiger partial charge on any atom is 0.433 e. The van der Waals surface area contributed by atoms with Gasteiger partial charge in [0, 0.05) is 0 Å². The van der Waals surface area contributed by atoms with Gasteiger partial charge in [-0.3, -0.25) is 4.79 Å². The van der Waals surface area contributed by atoms with E-state index in [0.29, 0.717) is 6.20 Å². The van der Waals surface area contributed by atoms with Crippen molar-refractivity contribution in [2.45, 2.75) is 12.7 Å². The van der Waals surface area contributed by atoms with E-state index in [4.69, 9.17) is 10.2 Å². The van der Waals surface area contributed by atoms with Crippen molar-refractivity contribution in [3.05, 3.63) is 17.5 Å². The molecule has 0 aliphatic heterocycles. The van der Waals surface area contributed by atoms with Gasteiger partial charge in [-0.25, -0.2) is 9.48 Å². The number of halogens is 3. The standard InChI is InChI=1S/C7H5F3N2O4/c8-7(9,10)5-3(6(15)16)1-11-12(5)2-4(13)14/h1H,2H2,(H,13,14)(H,15,16). The molecule has 0 spiro atoms. The van der Waals surface area contributed by atoms with Gasteiger partial charge in [0.2, 0.25) is 0 Å². The van der Waals surface area contributed by atoms with Crippen LogP contribution >= 0.6 is 0 Å². The summed E-state index contributed by atoms with van der Waals surface area (Å²) < 4.78 is 37.4. The van der Waals surface area contributed by atoms with Gasteiger partial charge >= 0.3 is 18.1 Å². The topological polar surface area (TPSA) is 92.4 Å². The van der Waals surface area contributed by atoms with Crippen LogP contribution in [0.2, 0.25) is 0 Å². The summed E-state index contributed by atoms with van der Waals surface area (Å²) in [6.45, 7) is -1.05. The fourth-order valence-electron chi connectivity index (χ4n) is 1.09. The van der Waals surface area contributed by atoms with Crippen LogP contribution in [0.3, 0.4) is 0 Å². The maximum atomic E-state index is 12.4. The Morgan fingerprint density at radius 2 is 1.94 bits per heavy atom. The van der Waals surface area contributed by atoms with Crippen LogP contribution in [0.5, 0.6) is 0 Å². The first kappa shape index (κ1) is 12.0. The molecule has 0 aliphatic rings. The molecule has 0 aliphatic carbocycles. The van der Waals surface area contributed by atoms with Crippen LogP contribution < -0.4 is 0 Å². The molecule has 0 fully saturated rings. The van der Waals surface area contributed by atoms with Crippen LogP contribution in [0.1, 0.15) is 16.1 Å². The van der Waals surface area contributed by atoms with Gasteiger partial charge in [0.05, 0.1) is 6.20 Å². The normalized spacial score (nSPS) is 11.4. The molecule has 88 valence electrons. The van der Waals surface area contributed by atoms with Crippen LogP contribution in [0.4, 0.5) is 13.2 Å². The molecule has 0 unspecified atom stereocenters. The number of carbonyl (C=O) groups is 2. The molecule has 2 N–H and O–H groups in total. The third kappa shape index (κ3) is 2.30. The van der Waals surface area contributed by atoms with Gasteiger partial charge in [0.25, 0.3) is 0 Å². The van der Waals surface area contributed by atoms with Gasteiger partial charge in [-0.15, -0.1) is 0 Å². The van der Waals surface area contributed by atoms with Crippen molar-refractivity contribution < 1.29 is 33.0 Å². The molecule has 0 amide bonds. The zero-order valence-electron chi connectivity index (χ0n) is 7.52. The Labute approximate surface area is 85.9 Å². The highest BCUT2D eigenvalue weighted by Gasteiger charge is 2.40. The number of aromatic nitrogens is 2. The van der Waals surface area contributed by atoms with E-state index >= 15 is 0 Å². The van der Waals surface area contributed by atoms with Crippen molar-refractivity contribution in [2.24, 2.45) is 0 Å². The van der Waals surface area contributed by atoms with Crippen LogP contribution in [-0.4, -0.2) is 31.9 Å². The smallest absolute Gasteiger partial charge is 0.433 e. The Hall–Kier alpha value is -2.06. The Bertz CT molecular complexity index is 437. The van der Waals surface area contributed by atoms with E-state index in [1.165, 1.54) is 0 Å². The first-order valence-electron chi connectivity index (χ1n) is 3.81. The second-order valence-electron chi connectivity index (χ2n) is 2.76. The number of alkyl halides is 3. The van der Waals surface area contributed by atoms with Crippen LogP contribution in [0.25, 0.3) is 0 Å². The number of rotatable bonds is 3. The summed E-state index contributed by atoms with van der Waals surface area (Å²) in [4.78, 5) is 20.7. The van der Waals surface area contributed by atoms with E-state index in [9.17, 15) is 22.8 Å². The summed E-state index contributed by atoms with van der Waals surface area (Å²) in [5.41, 5.74) is -2.66. The number of hydrogen-bond acceptors (Lipinski definition) is 3. The lowest BCUT2D eigenvalue weighted by molar-refractivity contribution is -0.147. The van der Waals surface area contributed by atoms with E-state index in [1.807, 2.05) is 0 Å². The summed E-state index contributed by atoms with van der Waals surface area (Å²) in [7, 11) is 0. The third-order valence-electron chi connectivity index (χ3n) is 1.62. The lowest BCUT2D eigenvalue weighted by Gasteiger charge is -2.09. The van der Waals surface area contributed by atoms with E-state index in [-0.39, 0.29) is 4.68 Å². The Kier molecular flexibility index (Phi) is 2.88. The summed E-state index contributed by atoms with van der Waals surface area (Å²) in [5, 5.41) is 19.9. The lowest BCUT2D eigenvalue weighted by atomic mass is 10.2. The quantitative estimate of drug-likeness (QED) is 0.807.